The van der Waals surface area contributed by atoms with E-state index in [-0.39, 0.29) is 17.1 Å². The molecule has 2 aromatic carbocycles. The van der Waals surface area contributed by atoms with Gasteiger partial charge in [0, 0.05) is 18.1 Å². The average molecular weight is 443 g/mol. The van der Waals surface area contributed by atoms with Crippen LogP contribution < -0.4 is 14.9 Å². The standard InChI is InChI=1S/C23H23ClN2O5/c1-25(2)9-10-26-20(13-5-7-17(29-3)18(11-13)30-4)19-21(27)15-12-14(24)6-8-16(15)31-22(19)23(26)28/h5-8,11-12,20H,9-10H2,1-4H3/t20-/m1/s1. The molecule has 1 amide bonds. The first-order chi connectivity index (χ1) is 14.8. The third-order valence-corrected chi connectivity index (χ3v) is 5.67. The van der Waals surface area contributed by atoms with E-state index in [0.717, 1.165) is 5.56 Å². The maximum atomic E-state index is 13.5. The van der Waals surface area contributed by atoms with Crippen LogP contribution in [0.15, 0.2) is 45.6 Å². The van der Waals surface area contributed by atoms with Crippen LogP contribution in [0.1, 0.15) is 27.7 Å². The van der Waals surface area contributed by atoms with E-state index in [0.29, 0.717) is 46.1 Å². The van der Waals surface area contributed by atoms with Gasteiger partial charge in [0.15, 0.2) is 16.9 Å². The highest BCUT2D eigenvalue weighted by atomic mass is 35.5. The van der Waals surface area contributed by atoms with Crippen molar-refractivity contribution in [1.29, 1.82) is 0 Å². The molecular weight excluding hydrogens is 420 g/mol. The number of fused-ring (bicyclic) bond motifs is 2. The van der Waals surface area contributed by atoms with Crippen molar-refractivity contribution in [2.24, 2.45) is 0 Å². The summed E-state index contributed by atoms with van der Waals surface area (Å²) in [5.74, 6) is 0.832. The van der Waals surface area contributed by atoms with Gasteiger partial charge in [-0.3, -0.25) is 9.59 Å². The molecule has 0 spiro atoms. The summed E-state index contributed by atoms with van der Waals surface area (Å²) in [5.41, 5.74) is 1.11. The first-order valence-corrected chi connectivity index (χ1v) is 10.2. The molecular formula is C23H23ClN2O5. The van der Waals surface area contributed by atoms with E-state index in [1.165, 1.54) is 0 Å². The third kappa shape index (κ3) is 3.64. The van der Waals surface area contributed by atoms with Crippen molar-refractivity contribution in [2.75, 3.05) is 41.4 Å². The van der Waals surface area contributed by atoms with Crippen LogP contribution >= 0.6 is 11.6 Å². The van der Waals surface area contributed by atoms with E-state index >= 15 is 0 Å². The number of carbonyl (C=O) groups excluding carboxylic acids is 1. The molecule has 0 radical (unpaired) electrons. The number of carbonyl (C=O) groups is 1. The zero-order valence-corrected chi connectivity index (χ0v) is 18.5. The molecule has 1 atom stereocenters. The Morgan fingerprint density at radius 2 is 1.81 bits per heavy atom. The predicted molar refractivity (Wildman–Crippen MR) is 118 cm³/mol. The maximum absolute atomic E-state index is 13.5. The smallest absolute Gasteiger partial charge is 0.290 e. The highest BCUT2D eigenvalue weighted by Crippen LogP contribution is 2.40. The molecule has 0 saturated heterocycles. The molecule has 4 rings (SSSR count). The van der Waals surface area contributed by atoms with Crippen molar-refractivity contribution in [3.63, 3.8) is 0 Å². The fraction of sp³-hybridized carbons (Fsp3) is 0.304. The van der Waals surface area contributed by atoms with E-state index in [1.807, 2.05) is 25.1 Å². The van der Waals surface area contributed by atoms with Gasteiger partial charge in [-0.25, -0.2) is 0 Å². The number of hydrogen-bond acceptors (Lipinski definition) is 6. The Labute approximate surface area is 184 Å². The molecule has 2 heterocycles. The third-order valence-electron chi connectivity index (χ3n) is 5.44. The van der Waals surface area contributed by atoms with Crippen molar-refractivity contribution in [3.8, 4) is 11.5 Å². The Morgan fingerprint density at radius 1 is 1.06 bits per heavy atom. The van der Waals surface area contributed by atoms with Gasteiger partial charge in [-0.1, -0.05) is 17.7 Å². The van der Waals surface area contributed by atoms with Crippen LogP contribution in [0.3, 0.4) is 0 Å². The first kappa shape index (κ1) is 21.2. The predicted octanol–water partition coefficient (Wildman–Crippen LogP) is 3.57. The van der Waals surface area contributed by atoms with Gasteiger partial charge < -0.3 is 23.7 Å². The normalized spacial score (nSPS) is 15.6. The Hall–Kier alpha value is -3.03. The number of methoxy groups -OCH3 is 2. The molecule has 0 aliphatic carbocycles. The number of hydrogen-bond donors (Lipinski definition) is 0. The fourth-order valence-corrected chi connectivity index (χ4v) is 4.07. The van der Waals surface area contributed by atoms with Gasteiger partial charge in [0.25, 0.3) is 5.91 Å². The fourth-order valence-electron chi connectivity index (χ4n) is 3.90. The van der Waals surface area contributed by atoms with Crippen LogP contribution in [0, 0.1) is 0 Å². The van der Waals surface area contributed by atoms with Crippen LogP contribution in [-0.4, -0.2) is 57.1 Å². The Balaban J connectivity index is 1.95. The summed E-state index contributed by atoms with van der Waals surface area (Å²) in [4.78, 5) is 30.5. The van der Waals surface area contributed by atoms with Gasteiger partial charge in [-0.05, 0) is 50.0 Å². The quantitative estimate of drug-likeness (QED) is 0.581. The molecule has 162 valence electrons. The zero-order chi connectivity index (χ0) is 22.3. The zero-order valence-electron chi connectivity index (χ0n) is 17.8. The molecule has 0 bridgehead atoms. The van der Waals surface area contributed by atoms with Gasteiger partial charge in [0.2, 0.25) is 5.76 Å². The minimum Gasteiger partial charge on any atom is -0.493 e. The molecule has 1 aromatic heterocycles. The summed E-state index contributed by atoms with van der Waals surface area (Å²) in [7, 11) is 6.96. The lowest BCUT2D eigenvalue weighted by atomic mass is 9.98. The van der Waals surface area contributed by atoms with Crippen molar-refractivity contribution >= 4 is 28.5 Å². The van der Waals surface area contributed by atoms with E-state index in [9.17, 15) is 9.59 Å². The summed E-state index contributed by atoms with van der Waals surface area (Å²) >= 11 is 6.12. The molecule has 0 unspecified atom stereocenters. The van der Waals surface area contributed by atoms with Gasteiger partial charge in [0.05, 0.1) is 31.2 Å². The van der Waals surface area contributed by atoms with Crippen LogP contribution in [0.2, 0.25) is 5.02 Å². The monoisotopic (exact) mass is 442 g/mol. The number of likely N-dealkylation sites (N-methyl/N-ethyl adjacent to an activating group) is 1. The van der Waals surface area contributed by atoms with Gasteiger partial charge in [-0.2, -0.15) is 0 Å². The molecule has 1 aliphatic rings. The van der Waals surface area contributed by atoms with E-state index in [2.05, 4.69) is 0 Å². The van der Waals surface area contributed by atoms with Crippen molar-refractivity contribution in [2.45, 2.75) is 6.04 Å². The van der Waals surface area contributed by atoms with Crippen molar-refractivity contribution in [1.82, 2.24) is 9.80 Å². The second-order valence-electron chi connectivity index (χ2n) is 7.63. The number of ether oxygens (including phenoxy) is 2. The van der Waals surface area contributed by atoms with E-state index in [1.54, 1.807) is 49.5 Å². The number of halogens is 1. The molecule has 31 heavy (non-hydrogen) atoms. The SMILES string of the molecule is COc1ccc([C@@H]2c3c(oc4ccc(Cl)cc4c3=O)C(=O)N2CCN(C)C)cc1OC. The second-order valence-corrected chi connectivity index (χ2v) is 8.07. The Bertz CT molecular complexity index is 1220. The number of rotatable bonds is 6. The lowest BCUT2D eigenvalue weighted by Crippen LogP contribution is -2.35. The molecule has 0 fully saturated rings. The highest BCUT2D eigenvalue weighted by Gasteiger charge is 2.42. The minimum atomic E-state index is -0.609. The lowest BCUT2D eigenvalue weighted by molar-refractivity contribution is 0.0716. The molecule has 3 aromatic rings. The summed E-state index contributed by atoms with van der Waals surface area (Å²) < 4.78 is 16.7. The average Bonchev–Trinajstić information content (AvgIpc) is 3.04. The van der Waals surface area contributed by atoms with Gasteiger partial charge in [0.1, 0.15) is 5.58 Å². The number of amides is 1. The van der Waals surface area contributed by atoms with Crippen LogP contribution in [-0.2, 0) is 0 Å². The maximum Gasteiger partial charge on any atom is 0.290 e. The molecule has 0 N–H and O–H groups in total. The molecule has 1 aliphatic heterocycles. The highest BCUT2D eigenvalue weighted by molar-refractivity contribution is 6.31. The summed E-state index contributed by atoms with van der Waals surface area (Å²) in [6.45, 7) is 1.05. The minimum absolute atomic E-state index is 0.0679. The van der Waals surface area contributed by atoms with Gasteiger partial charge >= 0.3 is 0 Å². The number of nitrogens with zero attached hydrogens (tertiary/aromatic N) is 2. The summed E-state index contributed by atoms with van der Waals surface area (Å²) in [6, 6.07) is 9.59. The Kier molecular flexibility index (Phi) is 5.64. The topological polar surface area (TPSA) is 72.2 Å². The molecule has 7 nitrogen and oxygen atoms in total. The van der Waals surface area contributed by atoms with Gasteiger partial charge in [-0.15, -0.1) is 0 Å². The van der Waals surface area contributed by atoms with Crippen molar-refractivity contribution in [3.05, 3.63) is 68.5 Å². The summed E-state index contributed by atoms with van der Waals surface area (Å²) in [6.07, 6.45) is 0. The van der Waals surface area contributed by atoms with Crippen molar-refractivity contribution < 1.29 is 18.7 Å². The Morgan fingerprint density at radius 3 is 2.48 bits per heavy atom. The van der Waals surface area contributed by atoms with Crippen LogP contribution in [0.5, 0.6) is 11.5 Å². The molecule has 0 saturated carbocycles. The number of benzene rings is 2. The van der Waals surface area contributed by atoms with E-state index < -0.39 is 6.04 Å². The lowest BCUT2D eigenvalue weighted by Gasteiger charge is -2.27. The molecule has 8 heteroatoms. The summed E-state index contributed by atoms with van der Waals surface area (Å²) in [5, 5.41) is 0.773. The first-order valence-electron chi connectivity index (χ1n) is 9.79. The van der Waals surface area contributed by atoms with E-state index in [4.69, 9.17) is 25.5 Å². The van der Waals surface area contributed by atoms with Crippen LogP contribution in [0.25, 0.3) is 11.0 Å². The second kappa shape index (κ2) is 8.24. The van der Waals surface area contributed by atoms with Crippen LogP contribution in [0.4, 0.5) is 0 Å². The largest absolute Gasteiger partial charge is 0.493 e.